The predicted molar refractivity (Wildman–Crippen MR) is 57.8 cm³/mol. The third-order valence-electron chi connectivity index (χ3n) is 2.88. The van der Waals surface area contributed by atoms with E-state index in [0.717, 1.165) is 25.9 Å². The Morgan fingerprint density at radius 2 is 2.36 bits per heavy atom. The molecule has 84 valence electrons. The first-order chi connectivity index (χ1) is 6.59. The molecule has 2 atom stereocenters. The average Bonchev–Trinajstić information content (AvgIpc) is 2.18. The molecule has 0 saturated carbocycles. The summed E-state index contributed by atoms with van der Waals surface area (Å²) in [5.41, 5.74) is -0.0513. The molecule has 0 spiro atoms. The van der Waals surface area contributed by atoms with Crippen molar-refractivity contribution >= 4 is 11.6 Å². The normalized spacial score (nSPS) is 31.7. The molecule has 4 heteroatoms. The van der Waals surface area contributed by atoms with Crippen LogP contribution in [0.5, 0.6) is 0 Å². The van der Waals surface area contributed by atoms with Gasteiger partial charge in [-0.3, -0.25) is 4.90 Å². The molecular formula is C10H20ClNO2. The summed E-state index contributed by atoms with van der Waals surface area (Å²) in [5.74, 6) is 0.306. The quantitative estimate of drug-likeness (QED) is 0.722. The van der Waals surface area contributed by atoms with Gasteiger partial charge in [0.15, 0.2) is 0 Å². The van der Waals surface area contributed by atoms with E-state index in [9.17, 15) is 5.11 Å². The van der Waals surface area contributed by atoms with Gasteiger partial charge in [-0.05, 0) is 26.3 Å². The van der Waals surface area contributed by atoms with Crippen LogP contribution in [0, 0.1) is 0 Å². The molecule has 3 nitrogen and oxygen atoms in total. The van der Waals surface area contributed by atoms with Gasteiger partial charge in [0.2, 0.25) is 0 Å². The number of ether oxygens (including phenoxy) is 1. The van der Waals surface area contributed by atoms with Gasteiger partial charge in [0.05, 0.1) is 11.7 Å². The second-order valence-corrected chi connectivity index (χ2v) is 4.61. The Balaban J connectivity index is 2.40. The molecule has 0 amide bonds. The summed E-state index contributed by atoms with van der Waals surface area (Å²) in [6.45, 7) is 4.69. The van der Waals surface area contributed by atoms with Crippen LogP contribution >= 0.6 is 11.6 Å². The molecule has 14 heavy (non-hydrogen) atoms. The number of piperidine rings is 1. The highest BCUT2D eigenvalue weighted by Gasteiger charge is 2.31. The van der Waals surface area contributed by atoms with E-state index < -0.39 is 6.10 Å². The first-order valence-electron chi connectivity index (χ1n) is 5.11. The van der Waals surface area contributed by atoms with Crippen molar-refractivity contribution in [3.63, 3.8) is 0 Å². The number of nitrogens with zero attached hydrogens (tertiary/aromatic N) is 1. The number of rotatable bonds is 4. The summed E-state index contributed by atoms with van der Waals surface area (Å²) in [4.78, 5) is 2.22. The highest BCUT2D eigenvalue weighted by molar-refractivity contribution is 6.18. The van der Waals surface area contributed by atoms with Crippen molar-refractivity contribution in [2.45, 2.75) is 31.5 Å². The van der Waals surface area contributed by atoms with Crippen molar-refractivity contribution in [1.82, 2.24) is 4.90 Å². The highest BCUT2D eigenvalue weighted by Crippen LogP contribution is 2.23. The minimum Gasteiger partial charge on any atom is -0.391 e. The lowest BCUT2D eigenvalue weighted by molar-refractivity contribution is -0.0571. The van der Waals surface area contributed by atoms with E-state index in [1.807, 2.05) is 0 Å². The predicted octanol–water partition coefficient (Wildman–Crippen LogP) is 1.09. The Morgan fingerprint density at radius 1 is 1.64 bits per heavy atom. The van der Waals surface area contributed by atoms with Gasteiger partial charge in [0, 0.05) is 26.1 Å². The maximum absolute atomic E-state index is 9.44. The SMILES string of the molecule is COC1(C)CCCN(CC(O)CCl)C1. The zero-order chi connectivity index (χ0) is 10.6. The molecule has 1 aliphatic rings. The van der Waals surface area contributed by atoms with Crippen molar-refractivity contribution in [2.75, 3.05) is 32.6 Å². The number of alkyl halides is 1. The lowest BCUT2D eigenvalue weighted by atomic mass is 9.94. The lowest BCUT2D eigenvalue weighted by Crippen LogP contribution is -2.49. The third kappa shape index (κ3) is 3.39. The number of β-amino-alcohol motifs (C(OH)–C–C–N with tert-alkyl or cyclic N) is 1. The Bertz CT molecular complexity index is 180. The molecule has 1 heterocycles. The third-order valence-corrected chi connectivity index (χ3v) is 3.23. The molecule has 1 aliphatic heterocycles. The topological polar surface area (TPSA) is 32.7 Å². The van der Waals surface area contributed by atoms with E-state index in [2.05, 4.69) is 11.8 Å². The number of halogens is 1. The van der Waals surface area contributed by atoms with Crippen LogP contribution in [0.3, 0.4) is 0 Å². The van der Waals surface area contributed by atoms with Crippen LogP contribution in [0.2, 0.25) is 0 Å². The Morgan fingerprint density at radius 3 is 2.93 bits per heavy atom. The molecule has 0 aliphatic carbocycles. The first kappa shape index (κ1) is 12.2. The van der Waals surface area contributed by atoms with E-state index in [1.54, 1.807) is 7.11 Å². The molecule has 1 N–H and O–H groups in total. The van der Waals surface area contributed by atoms with E-state index >= 15 is 0 Å². The van der Waals surface area contributed by atoms with Crippen molar-refractivity contribution in [2.24, 2.45) is 0 Å². The lowest BCUT2D eigenvalue weighted by Gasteiger charge is -2.40. The molecule has 0 aromatic heterocycles. The monoisotopic (exact) mass is 221 g/mol. The second-order valence-electron chi connectivity index (χ2n) is 4.30. The maximum atomic E-state index is 9.44. The zero-order valence-corrected chi connectivity index (χ0v) is 9.76. The Labute approximate surface area is 91.0 Å². The summed E-state index contributed by atoms with van der Waals surface area (Å²) < 4.78 is 5.47. The first-order valence-corrected chi connectivity index (χ1v) is 5.64. The van der Waals surface area contributed by atoms with Crippen LogP contribution in [0.25, 0.3) is 0 Å². The number of methoxy groups -OCH3 is 1. The summed E-state index contributed by atoms with van der Waals surface area (Å²) >= 11 is 5.57. The van der Waals surface area contributed by atoms with Gasteiger partial charge >= 0.3 is 0 Å². The zero-order valence-electron chi connectivity index (χ0n) is 9.00. The van der Waals surface area contributed by atoms with Crippen LogP contribution in [0.1, 0.15) is 19.8 Å². The largest absolute Gasteiger partial charge is 0.391 e. The van der Waals surface area contributed by atoms with Gasteiger partial charge < -0.3 is 9.84 Å². The van der Waals surface area contributed by atoms with Crippen LogP contribution in [-0.2, 0) is 4.74 Å². The second kappa shape index (κ2) is 5.31. The van der Waals surface area contributed by atoms with Gasteiger partial charge in [0.1, 0.15) is 0 Å². The summed E-state index contributed by atoms with van der Waals surface area (Å²) in [7, 11) is 1.75. The van der Waals surface area contributed by atoms with Crippen molar-refractivity contribution < 1.29 is 9.84 Å². The molecule has 2 unspecified atom stereocenters. The number of hydrogen-bond acceptors (Lipinski definition) is 3. The van der Waals surface area contributed by atoms with Crippen LogP contribution in [0.15, 0.2) is 0 Å². The fraction of sp³-hybridized carbons (Fsp3) is 1.00. The molecule has 0 bridgehead atoms. The minimum absolute atomic E-state index is 0.0513. The Kier molecular flexibility index (Phi) is 4.64. The Hall–Kier alpha value is 0.170. The summed E-state index contributed by atoms with van der Waals surface area (Å²) in [6, 6.07) is 0. The molecule has 1 saturated heterocycles. The van der Waals surface area contributed by atoms with Gasteiger partial charge in [-0.2, -0.15) is 0 Å². The van der Waals surface area contributed by atoms with Crippen LogP contribution in [-0.4, -0.2) is 54.3 Å². The summed E-state index contributed by atoms with van der Waals surface area (Å²) in [6.07, 6.45) is 1.80. The maximum Gasteiger partial charge on any atom is 0.0802 e. The molecule has 1 rings (SSSR count). The molecule has 0 aromatic rings. The molecule has 1 fully saturated rings. The number of likely N-dealkylation sites (tertiary alicyclic amines) is 1. The van der Waals surface area contributed by atoms with E-state index in [1.165, 1.54) is 0 Å². The van der Waals surface area contributed by atoms with Gasteiger partial charge in [-0.25, -0.2) is 0 Å². The van der Waals surface area contributed by atoms with Crippen molar-refractivity contribution in [3.8, 4) is 0 Å². The highest BCUT2D eigenvalue weighted by atomic mass is 35.5. The molecular weight excluding hydrogens is 202 g/mol. The number of aliphatic hydroxyl groups is 1. The van der Waals surface area contributed by atoms with Crippen LogP contribution < -0.4 is 0 Å². The van der Waals surface area contributed by atoms with Gasteiger partial charge in [-0.1, -0.05) is 0 Å². The summed E-state index contributed by atoms with van der Waals surface area (Å²) in [5, 5.41) is 9.44. The average molecular weight is 222 g/mol. The van der Waals surface area contributed by atoms with E-state index in [-0.39, 0.29) is 5.60 Å². The van der Waals surface area contributed by atoms with Gasteiger partial charge in [0.25, 0.3) is 0 Å². The number of hydrogen-bond donors (Lipinski definition) is 1. The van der Waals surface area contributed by atoms with Crippen molar-refractivity contribution in [1.29, 1.82) is 0 Å². The number of aliphatic hydroxyl groups excluding tert-OH is 1. The molecule has 0 radical (unpaired) electrons. The van der Waals surface area contributed by atoms with Gasteiger partial charge in [-0.15, -0.1) is 11.6 Å². The minimum atomic E-state index is -0.420. The molecule has 0 aromatic carbocycles. The smallest absolute Gasteiger partial charge is 0.0802 e. The van der Waals surface area contributed by atoms with Crippen LogP contribution in [0.4, 0.5) is 0 Å². The van der Waals surface area contributed by atoms with Crippen molar-refractivity contribution in [3.05, 3.63) is 0 Å². The van der Waals surface area contributed by atoms with E-state index in [0.29, 0.717) is 12.4 Å². The fourth-order valence-corrected chi connectivity index (χ4v) is 2.07. The fourth-order valence-electron chi connectivity index (χ4n) is 1.98. The standard InChI is InChI=1S/C10H20ClNO2/c1-10(14-2)4-3-5-12(8-10)7-9(13)6-11/h9,13H,3-8H2,1-2H3. The van der Waals surface area contributed by atoms with E-state index in [4.69, 9.17) is 16.3 Å².